The molecule has 156 valence electrons. The van der Waals surface area contributed by atoms with Gasteiger partial charge in [-0.2, -0.15) is 0 Å². The van der Waals surface area contributed by atoms with E-state index in [0.29, 0.717) is 10.8 Å². The van der Waals surface area contributed by atoms with E-state index in [4.69, 9.17) is 0 Å². The first-order valence-electron chi connectivity index (χ1n) is 10.7. The molecule has 1 saturated carbocycles. The number of aryl methyl sites for hydroxylation is 1. The lowest BCUT2D eigenvalue weighted by Gasteiger charge is -2.32. The molecule has 1 fully saturated rings. The van der Waals surface area contributed by atoms with Gasteiger partial charge in [-0.05, 0) is 49.5 Å². The van der Waals surface area contributed by atoms with Gasteiger partial charge in [-0.15, -0.1) is 0 Å². The molecule has 2 aromatic carbocycles. The maximum absolute atomic E-state index is 13.3. The van der Waals surface area contributed by atoms with Crippen LogP contribution in [0.4, 0.5) is 5.69 Å². The van der Waals surface area contributed by atoms with Gasteiger partial charge < -0.3 is 5.32 Å². The molecule has 0 saturated heterocycles. The van der Waals surface area contributed by atoms with Gasteiger partial charge in [0.2, 0.25) is 5.91 Å². The van der Waals surface area contributed by atoms with Crippen LogP contribution in [0.5, 0.6) is 0 Å². The molecule has 1 aliphatic heterocycles. The number of amides is 2. The Labute approximate surface area is 182 Å². The average Bonchev–Trinajstić information content (AvgIpc) is 2.74. The summed E-state index contributed by atoms with van der Waals surface area (Å²) in [5.41, 5.74) is 2.97. The summed E-state index contributed by atoms with van der Waals surface area (Å²) in [6.07, 6.45) is 6.47. The van der Waals surface area contributed by atoms with Gasteiger partial charge in [0.05, 0.1) is 10.6 Å². The number of thioether (sulfide) groups is 1. The highest BCUT2D eigenvalue weighted by molar-refractivity contribution is 8.04. The van der Waals surface area contributed by atoms with Gasteiger partial charge in [0.1, 0.15) is 6.54 Å². The first-order chi connectivity index (χ1) is 14.5. The predicted molar refractivity (Wildman–Crippen MR) is 123 cm³/mol. The number of carbonyl (C=O) groups is 2. The first kappa shape index (κ1) is 20.7. The van der Waals surface area contributed by atoms with Crippen LogP contribution in [-0.4, -0.2) is 24.4 Å². The number of carbonyl (C=O) groups excluding carboxylic acids is 2. The fourth-order valence-electron chi connectivity index (χ4n) is 4.16. The zero-order valence-electron chi connectivity index (χ0n) is 17.6. The lowest BCUT2D eigenvalue weighted by Crippen LogP contribution is -2.48. The van der Waals surface area contributed by atoms with Crippen molar-refractivity contribution in [3.63, 3.8) is 0 Å². The number of nitrogens with one attached hydrogen (secondary N) is 1. The maximum atomic E-state index is 13.3. The van der Waals surface area contributed by atoms with E-state index in [2.05, 4.69) is 12.2 Å². The molecular formula is C25H28N2O2S. The molecule has 4 nitrogen and oxygen atoms in total. The van der Waals surface area contributed by atoms with Crippen molar-refractivity contribution in [1.82, 2.24) is 5.32 Å². The molecule has 5 heteroatoms. The third kappa shape index (κ3) is 4.62. The van der Waals surface area contributed by atoms with Gasteiger partial charge in [0.15, 0.2) is 0 Å². The van der Waals surface area contributed by atoms with Gasteiger partial charge in [-0.25, -0.2) is 0 Å². The number of nitrogens with zero attached hydrogens (tertiary/aromatic N) is 1. The van der Waals surface area contributed by atoms with Crippen LogP contribution in [0.1, 0.15) is 43.7 Å². The van der Waals surface area contributed by atoms with E-state index in [-0.39, 0.29) is 24.4 Å². The number of fused-ring (bicyclic) bond motifs is 1. The summed E-state index contributed by atoms with van der Waals surface area (Å²) >= 11 is 1.47. The van der Waals surface area contributed by atoms with E-state index in [1.54, 1.807) is 4.90 Å². The van der Waals surface area contributed by atoms with Gasteiger partial charge in [-0.3, -0.25) is 14.5 Å². The van der Waals surface area contributed by atoms with Crippen molar-refractivity contribution >= 4 is 35.3 Å². The fourth-order valence-corrected chi connectivity index (χ4v) is 5.22. The Bertz CT molecular complexity index is 967. The van der Waals surface area contributed by atoms with Crippen LogP contribution < -0.4 is 10.2 Å². The van der Waals surface area contributed by atoms with Gasteiger partial charge in [-0.1, -0.05) is 73.5 Å². The molecule has 2 atom stereocenters. The Morgan fingerprint density at radius 3 is 2.63 bits per heavy atom. The second-order valence-electron chi connectivity index (χ2n) is 8.32. The highest BCUT2D eigenvalue weighted by atomic mass is 32.2. The molecule has 2 aromatic rings. The minimum atomic E-state index is -0.119. The van der Waals surface area contributed by atoms with E-state index in [9.17, 15) is 9.59 Å². The molecule has 1 aliphatic carbocycles. The molecule has 2 aliphatic rings. The molecule has 0 unspecified atom stereocenters. The summed E-state index contributed by atoms with van der Waals surface area (Å²) in [6.45, 7) is 4.29. The second-order valence-corrected chi connectivity index (χ2v) is 9.40. The number of para-hydroxylation sites is 1. The third-order valence-corrected chi connectivity index (χ3v) is 7.04. The van der Waals surface area contributed by atoms with E-state index in [1.165, 1.54) is 23.7 Å². The standard InChI is InChI=1S/C25H28N2O2S/c1-17-11-13-19(14-12-17)15-23-25(29)27(21-9-5-6-10-22(21)30-23)16-24(28)26-20-8-4-3-7-18(20)2/h5-6,9-15,18,20H,3-4,7-8,16H2,1-2H3,(H,26,28)/b23-15+/t18-,20+/m0/s1. The molecule has 0 aromatic heterocycles. The van der Waals surface area contributed by atoms with Crippen LogP contribution in [0.2, 0.25) is 0 Å². The van der Waals surface area contributed by atoms with Crippen molar-refractivity contribution in [2.45, 2.75) is 50.5 Å². The number of rotatable bonds is 4. The summed E-state index contributed by atoms with van der Waals surface area (Å²) in [5.74, 6) is 0.282. The van der Waals surface area contributed by atoms with Crippen LogP contribution in [0.25, 0.3) is 6.08 Å². The zero-order chi connectivity index (χ0) is 21.1. The van der Waals surface area contributed by atoms with Crippen molar-refractivity contribution in [3.8, 4) is 0 Å². The summed E-state index contributed by atoms with van der Waals surface area (Å²) in [5, 5.41) is 3.18. The molecule has 0 radical (unpaired) electrons. The monoisotopic (exact) mass is 420 g/mol. The Balaban J connectivity index is 1.56. The summed E-state index contributed by atoms with van der Waals surface area (Å²) in [6, 6.07) is 16.1. The van der Waals surface area contributed by atoms with Crippen molar-refractivity contribution < 1.29 is 9.59 Å². The lowest BCUT2D eigenvalue weighted by molar-refractivity contribution is -0.123. The molecule has 1 N–H and O–H groups in total. The third-order valence-electron chi connectivity index (χ3n) is 5.97. The highest BCUT2D eigenvalue weighted by Gasteiger charge is 2.31. The molecule has 0 spiro atoms. The van der Waals surface area contributed by atoms with Crippen molar-refractivity contribution in [3.05, 3.63) is 64.6 Å². The smallest absolute Gasteiger partial charge is 0.265 e. The Kier molecular flexibility index (Phi) is 6.28. The van der Waals surface area contributed by atoms with Crippen molar-refractivity contribution in [2.24, 2.45) is 5.92 Å². The molecule has 1 heterocycles. The van der Waals surface area contributed by atoms with Gasteiger partial charge in [0, 0.05) is 10.9 Å². The molecular weight excluding hydrogens is 392 g/mol. The Morgan fingerprint density at radius 2 is 1.87 bits per heavy atom. The number of benzene rings is 2. The molecule has 30 heavy (non-hydrogen) atoms. The lowest BCUT2D eigenvalue weighted by atomic mass is 9.86. The van der Waals surface area contributed by atoms with Crippen LogP contribution in [0.3, 0.4) is 0 Å². The van der Waals surface area contributed by atoms with E-state index in [0.717, 1.165) is 35.4 Å². The summed E-state index contributed by atoms with van der Waals surface area (Å²) in [4.78, 5) is 29.4. The number of hydrogen-bond donors (Lipinski definition) is 1. The topological polar surface area (TPSA) is 49.4 Å². The van der Waals surface area contributed by atoms with Gasteiger partial charge in [0.25, 0.3) is 5.91 Å². The van der Waals surface area contributed by atoms with Crippen molar-refractivity contribution in [1.29, 1.82) is 0 Å². The summed E-state index contributed by atoms with van der Waals surface area (Å²) < 4.78 is 0. The Hall–Kier alpha value is -2.53. The van der Waals surface area contributed by atoms with Crippen LogP contribution in [0.15, 0.2) is 58.3 Å². The van der Waals surface area contributed by atoms with Gasteiger partial charge >= 0.3 is 0 Å². The minimum Gasteiger partial charge on any atom is -0.352 e. The number of anilines is 1. The van der Waals surface area contributed by atoms with Crippen molar-refractivity contribution in [2.75, 3.05) is 11.4 Å². The normalized spacial score (nSPS) is 22.7. The number of hydrogen-bond acceptors (Lipinski definition) is 3. The maximum Gasteiger partial charge on any atom is 0.265 e. The SMILES string of the molecule is Cc1ccc(/C=C2/Sc3ccccc3N(CC(=O)N[C@@H]3CCCC[C@@H]3C)C2=O)cc1. The Morgan fingerprint density at radius 1 is 1.13 bits per heavy atom. The van der Waals surface area contributed by atoms with Crippen LogP contribution in [0, 0.1) is 12.8 Å². The highest BCUT2D eigenvalue weighted by Crippen LogP contribution is 2.42. The second kappa shape index (κ2) is 9.09. The minimum absolute atomic E-state index is 0.0465. The van der Waals surface area contributed by atoms with E-state index < -0.39 is 0 Å². The quantitative estimate of drug-likeness (QED) is 0.694. The van der Waals surface area contributed by atoms with E-state index >= 15 is 0 Å². The van der Waals surface area contributed by atoms with E-state index in [1.807, 2.05) is 61.5 Å². The predicted octanol–water partition coefficient (Wildman–Crippen LogP) is 5.17. The molecule has 2 amide bonds. The average molecular weight is 421 g/mol. The largest absolute Gasteiger partial charge is 0.352 e. The van der Waals surface area contributed by atoms with Crippen LogP contribution >= 0.6 is 11.8 Å². The molecule has 0 bridgehead atoms. The molecule has 4 rings (SSSR count). The first-order valence-corrected chi connectivity index (χ1v) is 11.5. The zero-order valence-corrected chi connectivity index (χ0v) is 18.4. The van der Waals surface area contributed by atoms with Crippen LogP contribution in [-0.2, 0) is 9.59 Å². The fraction of sp³-hybridized carbons (Fsp3) is 0.360. The summed E-state index contributed by atoms with van der Waals surface area (Å²) in [7, 11) is 0.